The molecular weight excluding hydrogens is 294 g/mol. The van der Waals surface area contributed by atoms with Crippen LogP contribution in [0.2, 0.25) is 0 Å². The number of ether oxygens (including phenoxy) is 1. The van der Waals surface area contributed by atoms with Crippen molar-refractivity contribution in [2.45, 2.75) is 13.5 Å². The standard InChI is InChI=1S/C18H15NO4/c1-12-6-2-3-7-13(12)11-23-16(20)10-19-15-9-5-4-8-14(15)17(21)18(19)22/h2-9H,10-11H2,1H3. The Kier molecular flexibility index (Phi) is 3.93. The Balaban J connectivity index is 1.68. The van der Waals surface area contributed by atoms with Crippen molar-refractivity contribution in [1.82, 2.24) is 0 Å². The zero-order valence-electron chi connectivity index (χ0n) is 12.6. The summed E-state index contributed by atoms with van der Waals surface area (Å²) in [5, 5.41) is 0. The molecule has 0 unspecified atom stereocenters. The number of ketones is 1. The number of aryl methyl sites for hydroxylation is 1. The van der Waals surface area contributed by atoms with Gasteiger partial charge >= 0.3 is 5.97 Å². The van der Waals surface area contributed by atoms with Crippen LogP contribution in [-0.2, 0) is 20.9 Å². The smallest absolute Gasteiger partial charge is 0.326 e. The predicted molar refractivity (Wildman–Crippen MR) is 84.1 cm³/mol. The van der Waals surface area contributed by atoms with E-state index in [2.05, 4.69) is 0 Å². The van der Waals surface area contributed by atoms with Crippen LogP contribution in [-0.4, -0.2) is 24.2 Å². The third kappa shape index (κ3) is 2.85. The average molecular weight is 309 g/mol. The number of Topliss-reactive ketones (excluding diaryl/α,β-unsaturated/α-hetero) is 1. The maximum Gasteiger partial charge on any atom is 0.326 e. The zero-order chi connectivity index (χ0) is 16.4. The minimum absolute atomic E-state index is 0.142. The molecule has 1 amide bonds. The second-order valence-corrected chi connectivity index (χ2v) is 5.32. The molecule has 0 radical (unpaired) electrons. The van der Waals surface area contributed by atoms with Gasteiger partial charge in [-0.05, 0) is 30.2 Å². The van der Waals surface area contributed by atoms with Crippen LogP contribution < -0.4 is 4.90 Å². The van der Waals surface area contributed by atoms with Gasteiger partial charge in [0, 0.05) is 0 Å². The summed E-state index contributed by atoms with van der Waals surface area (Å²) in [6.07, 6.45) is 0. The maximum absolute atomic E-state index is 12.0. The van der Waals surface area contributed by atoms with E-state index >= 15 is 0 Å². The molecule has 23 heavy (non-hydrogen) atoms. The molecule has 116 valence electrons. The Labute approximate surface area is 133 Å². The van der Waals surface area contributed by atoms with E-state index in [4.69, 9.17) is 4.74 Å². The first-order chi connectivity index (χ1) is 11.1. The van der Waals surface area contributed by atoms with Crippen LogP contribution >= 0.6 is 0 Å². The van der Waals surface area contributed by atoms with E-state index < -0.39 is 17.7 Å². The van der Waals surface area contributed by atoms with Gasteiger partial charge in [0.1, 0.15) is 13.2 Å². The van der Waals surface area contributed by atoms with Gasteiger partial charge in [-0.2, -0.15) is 0 Å². The molecule has 1 aliphatic rings. The van der Waals surface area contributed by atoms with E-state index in [1.165, 1.54) is 0 Å². The van der Waals surface area contributed by atoms with E-state index in [-0.39, 0.29) is 13.2 Å². The number of para-hydroxylation sites is 1. The molecule has 5 heteroatoms. The summed E-state index contributed by atoms with van der Waals surface area (Å²) in [5.41, 5.74) is 2.71. The summed E-state index contributed by atoms with van der Waals surface area (Å²) < 4.78 is 5.23. The van der Waals surface area contributed by atoms with Crippen LogP contribution in [0.15, 0.2) is 48.5 Å². The van der Waals surface area contributed by atoms with Crippen molar-refractivity contribution >= 4 is 23.3 Å². The molecule has 3 rings (SSSR count). The fraction of sp³-hybridized carbons (Fsp3) is 0.167. The SMILES string of the molecule is Cc1ccccc1COC(=O)CN1C(=O)C(=O)c2ccccc21. The molecule has 0 spiro atoms. The Hall–Kier alpha value is -2.95. The van der Waals surface area contributed by atoms with Crippen LogP contribution in [0, 0.1) is 6.92 Å². The summed E-state index contributed by atoms with van der Waals surface area (Å²) >= 11 is 0. The normalized spacial score (nSPS) is 13.2. The molecule has 2 aromatic carbocycles. The van der Waals surface area contributed by atoms with Crippen molar-refractivity contribution < 1.29 is 19.1 Å². The lowest BCUT2D eigenvalue weighted by atomic mass is 10.1. The Bertz CT molecular complexity index is 797. The summed E-state index contributed by atoms with van der Waals surface area (Å²) in [5.74, 6) is -1.84. The lowest BCUT2D eigenvalue weighted by Gasteiger charge is -2.15. The van der Waals surface area contributed by atoms with Crippen molar-refractivity contribution in [3.63, 3.8) is 0 Å². The van der Waals surface area contributed by atoms with E-state index in [0.717, 1.165) is 16.0 Å². The zero-order valence-corrected chi connectivity index (χ0v) is 12.6. The first-order valence-electron chi connectivity index (χ1n) is 7.23. The third-order valence-electron chi connectivity index (χ3n) is 3.82. The van der Waals surface area contributed by atoms with Crippen LogP contribution in [0.3, 0.4) is 0 Å². The number of benzene rings is 2. The number of hydrogen-bond donors (Lipinski definition) is 0. The van der Waals surface area contributed by atoms with E-state index in [1.54, 1.807) is 24.3 Å². The van der Waals surface area contributed by atoms with Crippen molar-refractivity contribution in [1.29, 1.82) is 0 Å². The molecule has 5 nitrogen and oxygen atoms in total. The minimum Gasteiger partial charge on any atom is -0.459 e. The minimum atomic E-state index is -0.695. The monoisotopic (exact) mass is 309 g/mol. The molecule has 0 bridgehead atoms. The van der Waals surface area contributed by atoms with Gasteiger partial charge in [-0.1, -0.05) is 36.4 Å². The van der Waals surface area contributed by atoms with E-state index in [9.17, 15) is 14.4 Å². The number of nitrogens with zero attached hydrogens (tertiary/aromatic N) is 1. The Morgan fingerprint density at radius 2 is 1.74 bits per heavy atom. The molecule has 0 aliphatic carbocycles. The third-order valence-corrected chi connectivity index (χ3v) is 3.82. The lowest BCUT2D eigenvalue weighted by Crippen LogP contribution is -2.35. The highest BCUT2D eigenvalue weighted by molar-refractivity contribution is 6.52. The van der Waals surface area contributed by atoms with E-state index in [0.29, 0.717) is 11.3 Å². The Morgan fingerprint density at radius 1 is 1.04 bits per heavy atom. The molecule has 0 saturated carbocycles. The summed E-state index contributed by atoms with van der Waals surface area (Å²) in [7, 11) is 0. The highest BCUT2D eigenvalue weighted by Crippen LogP contribution is 2.28. The lowest BCUT2D eigenvalue weighted by molar-refractivity contribution is -0.143. The van der Waals surface area contributed by atoms with Gasteiger partial charge in [0.25, 0.3) is 11.7 Å². The molecule has 0 aromatic heterocycles. The molecule has 1 heterocycles. The number of carbonyl (C=O) groups is 3. The number of rotatable bonds is 4. The van der Waals surface area contributed by atoms with Crippen molar-refractivity contribution in [2.24, 2.45) is 0 Å². The second-order valence-electron chi connectivity index (χ2n) is 5.32. The van der Waals surface area contributed by atoms with Gasteiger partial charge < -0.3 is 4.74 Å². The molecule has 0 saturated heterocycles. The number of hydrogen-bond acceptors (Lipinski definition) is 4. The van der Waals surface area contributed by atoms with Gasteiger partial charge in [0.05, 0.1) is 11.3 Å². The fourth-order valence-electron chi connectivity index (χ4n) is 2.51. The maximum atomic E-state index is 12.0. The molecular formula is C18H15NO4. The topological polar surface area (TPSA) is 63.7 Å². The first kappa shape index (κ1) is 15.0. The largest absolute Gasteiger partial charge is 0.459 e. The van der Waals surface area contributed by atoms with Crippen molar-refractivity contribution in [3.05, 3.63) is 65.2 Å². The van der Waals surface area contributed by atoms with Gasteiger partial charge in [-0.3, -0.25) is 19.3 Å². The highest BCUT2D eigenvalue weighted by atomic mass is 16.5. The van der Waals surface area contributed by atoms with E-state index in [1.807, 2.05) is 31.2 Å². The quantitative estimate of drug-likeness (QED) is 0.642. The van der Waals surface area contributed by atoms with Gasteiger partial charge in [0.15, 0.2) is 0 Å². The summed E-state index contributed by atoms with van der Waals surface area (Å²) in [6.45, 7) is 1.80. The van der Waals surface area contributed by atoms with Crippen molar-refractivity contribution in [2.75, 3.05) is 11.4 Å². The second kappa shape index (κ2) is 6.04. The Morgan fingerprint density at radius 3 is 2.52 bits per heavy atom. The summed E-state index contributed by atoms with van der Waals surface area (Å²) in [6, 6.07) is 14.2. The first-order valence-corrected chi connectivity index (χ1v) is 7.23. The fourth-order valence-corrected chi connectivity index (χ4v) is 2.51. The molecule has 0 N–H and O–H groups in total. The number of carbonyl (C=O) groups excluding carboxylic acids is 3. The predicted octanol–water partition coefficient (Wildman–Crippen LogP) is 2.27. The molecule has 2 aromatic rings. The highest BCUT2D eigenvalue weighted by Gasteiger charge is 2.36. The van der Waals surface area contributed by atoms with Gasteiger partial charge in [0.2, 0.25) is 0 Å². The van der Waals surface area contributed by atoms with Gasteiger partial charge in [-0.25, -0.2) is 0 Å². The van der Waals surface area contributed by atoms with Crippen LogP contribution in [0.4, 0.5) is 5.69 Å². The number of anilines is 1. The van der Waals surface area contributed by atoms with Crippen LogP contribution in [0.1, 0.15) is 21.5 Å². The van der Waals surface area contributed by atoms with Crippen molar-refractivity contribution in [3.8, 4) is 0 Å². The summed E-state index contributed by atoms with van der Waals surface area (Å²) in [4.78, 5) is 37.0. The van der Waals surface area contributed by atoms with Crippen LogP contribution in [0.5, 0.6) is 0 Å². The number of fused-ring (bicyclic) bond motifs is 1. The van der Waals surface area contributed by atoms with Gasteiger partial charge in [-0.15, -0.1) is 0 Å². The number of amides is 1. The number of esters is 1. The molecule has 0 fully saturated rings. The molecule has 1 aliphatic heterocycles. The molecule has 0 atom stereocenters. The van der Waals surface area contributed by atoms with Crippen LogP contribution in [0.25, 0.3) is 0 Å². The average Bonchev–Trinajstić information content (AvgIpc) is 2.80.